The van der Waals surface area contributed by atoms with Crippen LogP contribution in [0.3, 0.4) is 0 Å². The van der Waals surface area contributed by atoms with Gasteiger partial charge in [0, 0.05) is 44.8 Å². The fraction of sp³-hybridized carbons (Fsp3) is 0.368. The van der Waals surface area contributed by atoms with Crippen molar-refractivity contribution in [1.82, 2.24) is 15.6 Å². The minimum atomic E-state index is 0. The molecular formula is C19H25ClIN5O. The van der Waals surface area contributed by atoms with Gasteiger partial charge in [0.05, 0.1) is 11.3 Å². The smallest absolute Gasteiger partial charge is 0.191 e. The zero-order valence-electron chi connectivity index (χ0n) is 15.1. The Morgan fingerprint density at radius 1 is 1.44 bits per heavy atom. The number of aliphatic imine (C=N–C) groups is 1. The van der Waals surface area contributed by atoms with Gasteiger partial charge in [-0.2, -0.15) is 0 Å². The van der Waals surface area contributed by atoms with Crippen LogP contribution in [0.15, 0.2) is 58.8 Å². The monoisotopic (exact) mass is 501 g/mol. The summed E-state index contributed by atoms with van der Waals surface area (Å²) < 4.78 is 5.35. The minimum absolute atomic E-state index is 0. The van der Waals surface area contributed by atoms with Crippen LogP contribution in [0, 0.1) is 0 Å². The SMILES string of the molecule is C=CCNC(=NCCc1ccco1)NC1CCN(c2ncccc2Cl)C1.I. The van der Waals surface area contributed by atoms with Crippen molar-refractivity contribution >= 4 is 47.4 Å². The molecule has 2 aromatic rings. The molecule has 0 bridgehead atoms. The lowest BCUT2D eigenvalue weighted by Crippen LogP contribution is -2.45. The van der Waals surface area contributed by atoms with E-state index in [0.717, 1.165) is 43.5 Å². The fourth-order valence-corrected chi connectivity index (χ4v) is 3.17. The lowest BCUT2D eigenvalue weighted by molar-refractivity contribution is 0.510. The molecule has 1 unspecified atom stereocenters. The van der Waals surface area contributed by atoms with Gasteiger partial charge in [-0.3, -0.25) is 4.99 Å². The number of hydrogen-bond acceptors (Lipinski definition) is 4. The number of halogens is 2. The van der Waals surface area contributed by atoms with Crippen molar-refractivity contribution in [2.75, 3.05) is 31.1 Å². The standard InChI is InChI=1S/C19H24ClN5O.HI/c1-2-9-22-19(23-11-7-16-5-4-13-26-16)24-15-8-12-25(14-15)18-17(20)6-3-10-21-18;/h2-6,10,13,15H,1,7-9,11-12,14H2,(H2,22,23,24);1H. The van der Waals surface area contributed by atoms with E-state index in [1.807, 2.05) is 30.3 Å². The predicted octanol–water partition coefficient (Wildman–Crippen LogP) is 3.49. The molecule has 1 saturated heterocycles. The molecule has 0 radical (unpaired) electrons. The van der Waals surface area contributed by atoms with E-state index >= 15 is 0 Å². The fourth-order valence-electron chi connectivity index (χ4n) is 2.93. The van der Waals surface area contributed by atoms with Crippen LogP contribution in [0.2, 0.25) is 5.02 Å². The highest BCUT2D eigenvalue weighted by atomic mass is 127. The first-order chi connectivity index (χ1) is 12.8. The number of nitrogens with one attached hydrogen (secondary N) is 2. The molecule has 1 fully saturated rings. The molecule has 3 heterocycles. The molecule has 1 aliphatic rings. The number of furan rings is 1. The van der Waals surface area contributed by atoms with Crippen molar-refractivity contribution in [3.63, 3.8) is 0 Å². The summed E-state index contributed by atoms with van der Waals surface area (Å²) in [5, 5.41) is 7.46. The maximum Gasteiger partial charge on any atom is 0.191 e. The second-order valence-corrected chi connectivity index (χ2v) is 6.52. The van der Waals surface area contributed by atoms with Crippen molar-refractivity contribution in [1.29, 1.82) is 0 Å². The second kappa shape index (κ2) is 11.2. The number of guanidine groups is 1. The summed E-state index contributed by atoms with van der Waals surface area (Å²) in [6.07, 6.45) is 7.05. The van der Waals surface area contributed by atoms with Gasteiger partial charge in [0.15, 0.2) is 5.96 Å². The third-order valence-electron chi connectivity index (χ3n) is 4.19. The third kappa shape index (κ3) is 6.42. The van der Waals surface area contributed by atoms with Gasteiger partial charge in [-0.25, -0.2) is 4.98 Å². The molecule has 0 saturated carbocycles. The zero-order chi connectivity index (χ0) is 18.2. The van der Waals surface area contributed by atoms with E-state index < -0.39 is 0 Å². The lowest BCUT2D eigenvalue weighted by Gasteiger charge is -2.20. The molecule has 146 valence electrons. The third-order valence-corrected chi connectivity index (χ3v) is 4.48. The van der Waals surface area contributed by atoms with Gasteiger partial charge in [0.2, 0.25) is 0 Å². The summed E-state index contributed by atoms with van der Waals surface area (Å²) in [5.74, 6) is 2.57. The highest BCUT2D eigenvalue weighted by Gasteiger charge is 2.25. The maximum absolute atomic E-state index is 6.26. The van der Waals surface area contributed by atoms with E-state index in [2.05, 4.69) is 32.1 Å². The molecular weight excluding hydrogens is 477 g/mol. The number of aromatic nitrogens is 1. The zero-order valence-corrected chi connectivity index (χ0v) is 18.2. The van der Waals surface area contributed by atoms with E-state index in [1.54, 1.807) is 12.5 Å². The number of nitrogens with zero attached hydrogens (tertiary/aromatic N) is 3. The Balaban J connectivity index is 0.00000261. The Hall–Kier alpha value is -1.74. The number of anilines is 1. The van der Waals surface area contributed by atoms with Crippen molar-refractivity contribution in [2.45, 2.75) is 18.9 Å². The molecule has 1 aliphatic heterocycles. The molecule has 3 rings (SSSR count). The number of pyridine rings is 1. The molecule has 0 spiro atoms. The summed E-state index contributed by atoms with van der Waals surface area (Å²) in [6, 6.07) is 7.86. The van der Waals surface area contributed by atoms with Crippen LogP contribution < -0.4 is 15.5 Å². The van der Waals surface area contributed by atoms with Gasteiger partial charge >= 0.3 is 0 Å². The maximum atomic E-state index is 6.26. The highest BCUT2D eigenvalue weighted by Crippen LogP contribution is 2.25. The minimum Gasteiger partial charge on any atom is -0.469 e. The first-order valence-electron chi connectivity index (χ1n) is 8.80. The van der Waals surface area contributed by atoms with E-state index in [4.69, 9.17) is 16.0 Å². The first kappa shape index (κ1) is 21.6. The Morgan fingerprint density at radius 2 is 2.33 bits per heavy atom. The Labute approximate surface area is 182 Å². The van der Waals surface area contributed by atoms with Crippen molar-refractivity contribution in [2.24, 2.45) is 4.99 Å². The quantitative estimate of drug-likeness (QED) is 0.263. The molecule has 0 aromatic carbocycles. The van der Waals surface area contributed by atoms with Crippen molar-refractivity contribution in [3.05, 3.63) is 60.2 Å². The number of rotatable bonds is 7. The van der Waals surface area contributed by atoms with Gasteiger partial charge in [-0.05, 0) is 30.7 Å². The van der Waals surface area contributed by atoms with Crippen molar-refractivity contribution < 1.29 is 4.42 Å². The normalized spacial score (nSPS) is 16.7. The summed E-state index contributed by atoms with van der Waals surface area (Å²) in [7, 11) is 0. The van der Waals surface area contributed by atoms with Gasteiger partial charge in [0.25, 0.3) is 0 Å². The summed E-state index contributed by atoms with van der Waals surface area (Å²) in [4.78, 5) is 11.2. The molecule has 2 N–H and O–H groups in total. The van der Waals surface area contributed by atoms with Gasteiger partial charge in [0.1, 0.15) is 11.6 Å². The van der Waals surface area contributed by atoms with Crippen LogP contribution in [0.5, 0.6) is 0 Å². The van der Waals surface area contributed by atoms with Gasteiger partial charge in [-0.15, -0.1) is 30.6 Å². The van der Waals surface area contributed by atoms with Crippen molar-refractivity contribution in [3.8, 4) is 0 Å². The molecule has 6 nitrogen and oxygen atoms in total. The molecule has 2 aromatic heterocycles. The average molecular weight is 502 g/mol. The van der Waals surface area contributed by atoms with Crippen LogP contribution in [-0.2, 0) is 6.42 Å². The van der Waals surface area contributed by atoms with E-state index in [-0.39, 0.29) is 30.0 Å². The molecule has 0 aliphatic carbocycles. The second-order valence-electron chi connectivity index (χ2n) is 6.11. The van der Waals surface area contributed by atoms with Crippen LogP contribution in [0.1, 0.15) is 12.2 Å². The van der Waals surface area contributed by atoms with Crippen LogP contribution in [0.4, 0.5) is 5.82 Å². The van der Waals surface area contributed by atoms with Crippen LogP contribution >= 0.6 is 35.6 Å². The Kier molecular flexibility index (Phi) is 8.93. The average Bonchev–Trinajstić information content (AvgIpc) is 3.32. The summed E-state index contributed by atoms with van der Waals surface area (Å²) in [6.45, 7) is 6.82. The Morgan fingerprint density at radius 3 is 3.07 bits per heavy atom. The van der Waals surface area contributed by atoms with Gasteiger partial charge in [-0.1, -0.05) is 17.7 Å². The molecule has 1 atom stereocenters. The first-order valence-corrected chi connectivity index (χ1v) is 9.17. The Bertz CT molecular complexity index is 737. The van der Waals surface area contributed by atoms with Gasteiger partial charge < -0.3 is 20.0 Å². The predicted molar refractivity (Wildman–Crippen MR) is 121 cm³/mol. The molecule has 0 amide bonds. The van der Waals surface area contributed by atoms with E-state index in [9.17, 15) is 0 Å². The largest absolute Gasteiger partial charge is 0.469 e. The molecule has 27 heavy (non-hydrogen) atoms. The lowest BCUT2D eigenvalue weighted by atomic mass is 10.3. The molecule has 8 heteroatoms. The van der Waals surface area contributed by atoms with E-state index in [1.165, 1.54) is 0 Å². The summed E-state index contributed by atoms with van der Waals surface area (Å²) in [5.41, 5.74) is 0. The van der Waals surface area contributed by atoms with Crippen LogP contribution in [-0.4, -0.2) is 43.2 Å². The topological polar surface area (TPSA) is 65.7 Å². The highest BCUT2D eigenvalue weighted by molar-refractivity contribution is 14.0. The van der Waals surface area contributed by atoms with Crippen LogP contribution in [0.25, 0.3) is 0 Å². The van der Waals surface area contributed by atoms with E-state index in [0.29, 0.717) is 18.1 Å². The summed E-state index contributed by atoms with van der Waals surface area (Å²) >= 11 is 6.26. The number of hydrogen-bond donors (Lipinski definition) is 2.